The summed E-state index contributed by atoms with van der Waals surface area (Å²) in [6, 6.07) is 4.65. The van der Waals surface area contributed by atoms with E-state index in [9.17, 15) is 18.0 Å². The van der Waals surface area contributed by atoms with Crippen LogP contribution in [0.3, 0.4) is 0 Å². The summed E-state index contributed by atoms with van der Waals surface area (Å²) in [4.78, 5) is 13.8. The zero-order chi connectivity index (χ0) is 14.0. The lowest BCUT2D eigenvalue weighted by atomic mass is 10.1. The van der Waals surface area contributed by atoms with Crippen LogP contribution in [0.15, 0.2) is 24.3 Å². The minimum Gasteiger partial charge on any atom is -0.334 e. The zero-order valence-electron chi connectivity index (χ0n) is 10.3. The van der Waals surface area contributed by atoms with Crippen molar-refractivity contribution in [1.29, 1.82) is 0 Å². The number of hydrogen-bond acceptors (Lipinski definition) is 2. The van der Waals surface area contributed by atoms with Crippen molar-refractivity contribution in [3.8, 4) is 0 Å². The summed E-state index contributed by atoms with van der Waals surface area (Å²) in [7, 11) is 0. The lowest BCUT2D eigenvalue weighted by molar-refractivity contribution is -0.137. The van der Waals surface area contributed by atoms with Crippen LogP contribution < -0.4 is 5.73 Å². The molecule has 3 nitrogen and oxygen atoms in total. The van der Waals surface area contributed by atoms with Gasteiger partial charge >= 0.3 is 6.18 Å². The maximum Gasteiger partial charge on any atom is 0.416 e. The number of hydrogen-bond donors (Lipinski definition) is 1. The topological polar surface area (TPSA) is 46.3 Å². The number of nitrogens with zero attached hydrogens (tertiary/aromatic N) is 1. The molecule has 0 aromatic heterocycles. The van der Waals surface area contributed by atoms with Crippen LogP contribution in [-0.2, 0) is 6.18 Å². The molecule has 1 aromatic carbocycles. The highest BCUT2D eigenvalue weighted by molar-refractivity contribution is 5.94. The van der Waals surface area contributed by atoms with Gasteiger partial charge in [-0.25, -0.2) is 0 Å². The van der Waals surface area contributed by atoms with Gasteiger partial charge in [0.2, 0.25) is 0 Å². The highest BCUT2D eigenvalue weighted by Gasteiger charge is 2.34. The van der Waals surface area contributed by atoms with Crippen molar-refractivity contribution in [3.05, 3.63) is 35.4 Å². The van der Waals surface area contributed by atoms with Gasteiger partial charge in [-0.15, -0.1) is 0 Å². The number of benzene rings is 1. The molecule has 1 aliphatic carbocycles. The van der Waals surface area contributed by atoms with Crippen molar-refractivity contribution in [2.75, 3.05) is 13.1 Å². The summed E-state index contributed by atoms with van der Waals surface area (Å²) in [5.41, 5.74) is 4.70. The molecule has 1 aliphatic rings. The Labute approximate surface area is 109 Å². The molecule has 19 heavy (non-hydrogen) atoms. The van der Waals surface area contributed by atoms with Gasteiger partial charge in [0.15, 0.2) is 0 Å². The second-order valence-electron chi connectivity index (χ2n) is 4.60. The van der Waals surface area contributed by atoms with Crippen LogP contribution in [0.5, 0.6) is 0 Å². The average molecular weight is 272 g/mol. The molecule has 1 saturated carbocycles. The lowest BCUT2D eigenvalue weighted by Gasteiger charge is -2.22. The molecule has 1 amide bonds. The van der Waals surface area contributed by atoms with Crippen LogP contribution in [0, 0.1) is 0 Å². The summed E-state index contributed by atoms with van der Waals surface area (Å²) in [6.45, 7) is 0.681. The Morgan fingerprint density at radius 2 is 2.05 bits per heavy atom. The molecular weight excluding hydrogens is 257 g/mol. The highest BCUT2D eigenvalue weighted by Crippen LogP contribution is 2.31. The van der Waals surface area contributed by atoms with E-state index in [-0.39, 0.29) is 17.5 Å². The van der Waals surface area contributed by atoms with E-state index >= 15 is 0 Å². The molecule has 0 spiro atoms. The Hall–Kier alpha value is -1.56. The molecule has 0 saturated heterocycles. The van der Waals surface area contributed by atoms with Crippen molar-refractivity contribution in [1.82, 2.24) is 4.90 Å². The Morgan fingerprint density at radius 3 is 2.58 bits per heavy atom. The number of alkyl halides is 3. The number of rotatable bonds is 4. The summed E-state index contributed by atoms with van der Waals surface area (Å²) in [6.07, 6.45) is -2.65. The number of carbonyl (C=O) groups excluding carboxylic acids is 1. The molecule has 1 fully saturated rings. The minimum atomic E-state index is -4.44. The average Bonchev–Trinajstić information content (AvgIpc) is 3.18. The number of carbonyl (C=O) groups is 1. The van der Waals surface area contributed by atoms with Crippen LogP contribution in [-0.4, -0.2) is 29.9 Å². The Balaban J connectivity index is 2.22. The van der Waals surface area contributed by atoms with Crippen LogP contribution in [0.4, 0.5) is 13.2 Å². The second-order valence-corrected chi connectivity index (χ2v) is 4.60. The fourth-order valence-corrected chi connectivity index (χ4v) is 1.97. The molecule has 0 radical (unpaired) electrons. The van der Waals surface area contributed by atoms with Crippen molar-refractivity contribution >= 4 is 5.91 Å². The van der Waals surface area contributed by atoms with Crippen molar-refractivity contribution in [2.45, 2.75) is 25.1 Å². The normalized spacial score (nSPS) is 15.4. The van der Waals surface area contributed by atoms with Crippen molar-refractivity contribution in [3.63, 3.8) is 0 Å². The largest absolute Gasteiger partial charge is 0.416 e. The fourth-order valence-electron chi connectivity index (χ4n) is 1.97. The smallest absolute Gasteiger partial charge is 0.334 e. The van der Waals surface area contributed by atoms with Gasteiger partial charge in [-0.2, -0.15) is 13.2 Å². The van der Waals surface area contributed by atoms with Crippen LogP contribution >= 0.6 is 0 Å². The van der Waals surface area contributed by atoms with Crippen LogP contribution in [0.2, 0.25) is 0 Å². The summed E-state index contributed by atoms with van der Waals surface area (Å²) < 4.78 is 37.8. The summed E-state index contributed by atoms with van der Waals surface area (Å²) in [5, 5.41) is 0. The molecule has 0 bridgehead atoms. The third-order valence-electron chi connectivity index (χ3n) is 3.06. The van der Waals surface area contributed by atoms with E-state index in [1.807, 2.05) is 0 Å². The first-order valence-corrected chi connectivity index (χ1v) is 6.12. The van der Waals surface area contributed by atoms with E-state index in [2.05, 4.69) is 0 Å². The predicted molar refractivity (Wildman–Crippen MR) is 64.6 cm³/mol. The summed E-state index contributed by atoms with van der Waals surface area (Å²) >= 11 is 0. The summed E-state index contributed by atoms with van der Waals surface area (Å²) in [5.74, 6) is -0.376. The molecule has 2 N–H and O–H groups in total. The monoisotopic (exact) mass is 272 g/mol. The van der Waals surface area contributed by atoms with Crippen LogP contribution in [0.1, 0.15) is 28.8 Å². The van der Waals surface area contributed by atoms with E-state index in [0.29, 0.717) is 13.1 Å². The van der Waals surface area contributed by atoms with Gasteiger partial charge in [-0.1, -0.05) is 6.07 Å². The van der Waals surface area contributed by atoms with Gasteiger partial charge in [0.05, 0.1) is 5.56 Å². The second kappa shape index (κ2) is 5.21. The number of nitrogens with two attached hydrogens (primary N) is 1. The zero-order valence-corrected chi connectivity index (χ0v) is 10.3. The first kappa shape index (κ1) is 13.9. The maximum atomic E-state index is 12.6. The highest BCUT2D eigenvalue weighted by atomic mass is 19.4. The molecule has 1 aromatic rings. The third kappa shape index (κ3) is 3.26. The Bertz CT molecular complexity index is 469. The standard InChI is InChI=1S/C13H15F3N2O/c14-13(15,16)10-3-1-2-9(8-10)12(19)18(7-6-17)11-4-5-11/h1-3,8,11H,4-7,17H2. The Kier molecular flexibility index (Phi) is 3.80. The van der Waals surface area contributed by atoms with E-state index in [1.54, 1.807) is 4.90 Å². The van der Waals surface area contributed by atoms with Gasteiger partial charge < -0.3 is 10.6 Å². The van der Waals surface area contributed by atoms with Gasteiger partial charge in [0.25, 0.3) is 5.91 Å². The lowest BCUT2D eigenvalue weighted by Crippen LogP contribution is -2.37. The Morgan fingerprint density at radius 1 is 1.37 bits per heavy atom. The van der Waals surface area contributed by atoms with Crippen LogP contribution in [0.25, 0.3) is 0 Å². The fraction of sp³-hybridized carbons (Fsp3) is 0.462. The third-order valence-corrected chi connectivity index (χ3v) is 3.06. The molecule has 0 heterocycles. The van der Waals surface area contributed by atoms with Gasteiger partial charge in [-0.05, 0) is 31.0 Å². The molecule has 104 valence electrons. The molecule has 2 rings (SSSR count). The first-order chi connectivity index (χ1) is 8.93. The van der Waals surface area contributed by atoms with Gasteiger partial charge in [-0.3, -0.25) is 4.79 Å². The van der Waals surface area contributed by atoms with Gasteiger partial charge in [0.1, 0.15) is 0 Å². The minimum absolute atomic E-state index is 0.0650. The van der Waals surface area contributed by atoms with E-state index < -0.39 is 11.7 Å². The quantitative estimate of drug-likeness (QED) is 0.914. The van der Waals surface area contributed by atoms with Gasteiger partial charge in [0, 0.05) is 24.7 Å². The predicted octanol–water partition coefficient (Wildman–Crippen LogP) is 2.27. The van der Waals surface area contributed by atoms with E-state index in [1.165, 1.54) is 12.1 Å². The van der Waals surface area contributed by atoms with E-state index in [4.69, 9.17) is 5.73 Å². The first-order valence-electron chi connectivity index (χ1n) is 6.12. The SMILES string of the molecule is NCCN(C(=O)c1cccc(C(F)(F)F)c1)C1CC1. The molecule has 0 aliphatic heterocycles. The number of halogens is 3. The maximum absolute atomic E-state index is 12.6. The molecule has 6 heteroatoms. The van der Waals surface area contributed by atoms with Crippen molar-refractivity contribution in [2.24, 2.45) is 5.73 Å². The molecule has 0 atom stereocenters. The van der Waals surface area contributed by atoms with Crippen molar-refractivity contribution < 1.29 is 18.0 Å². The number of amides is 1. The molecule has 0 unspecified atom stereocenters. The van der Waals surface area contributed by atoms with E-state index in [0.717, 1.165) is 25.0 Å². The molecular formula is C13H15F3N2O.